The Morgan fingerprint density at radius 3 is 2.56 bits per heavy atom. The standard InChI is InChI=1S/C14H20BrIO2/c1-11(2)10-17-7-8-18-14(9-16)12-5-3-4-6-13(12)15/h3-6,11,14H,7-10H2,1-2H3. The summed E-state index contributed by atoms with van der Waals surface area (Å²) in [4.78, 5) is 0. The maximum Gasteiger partial charge on any atom is 0.0926 e. The van der Waals surface area contributed by atoms with E-state index >= 15 is 0 Å². The number of ether oxygens (including phenoxy) is 2. The van der Waals surface area contributed by atoms with Crippen molar-refractivity contribution in [1.82, 2.24) is 0 Å². The molecular formula is C14H20BrIO2. The van der Waals surface area contributed by atoms with E-state index in [-0.39, 0.29) is 6.10 Å². The molecule has 0 N–H and O–H groups in total. The summed E-state index contributed by atoms with van der Waals surface area (Å²) in [5.41, 5.74) is 1.20. The lowest BCUT2D eigenvalue weighted by atomic mass is 10.1. The molecule has 0 heterocycles. The van der Waals surface area contributed by atoms with Crippen molar-refractivity contribution >= 4 is 38.5 Å². The zero-order chi connectivity index (χ0) is 13.4. The lowest BCUT2D eigenvalue weighted by Gasteiger charge is -2.17. The van der Waals surface area contributed by atoms with E-state index in [1.807, 2.05) is 18.2 Å². The number of rotatable bonds is 8. The van der Waals surface area contributed by atoms with Gasteiger partial charge in [-0.2, -0.15) is 0 Å². The molecule has 0 aromatic heterocycles. The fourth-order valence-electron chi connectivity index (χ4n) is 1.52. The molecule has 0 spiro atoms. The Morgan fingerprint density at radius 2 is 1.94 bits per heavy atom. The van der Waals surface area contributed by atoms with Crippen molar-refractivity contribution < 1.29 is 9.47 Å². The van der Waals surface area contributed by atoms with E-state index in [0.717, 1.165) is 15.5 Å². The van der Waals surface area contributed by atoms with Crippen molar-refractivity contribution in [3.8, 4) is 0 Å². The summed E-state index contributed by atoms with van der Waals surface area (Å²) >= 11 is 5.92. The van der Waals surface area contributed by atoms with E-state index in [4.69, 9.17) is 9.47 Å². The van der Waals surface area contributed by atoms with Gasteiger partial charge >= 0.3 is 0 Å². The number of hydrogen-bond donors (Lipinski definition) is 0. The molecule has 102 valence electrons. The maximum atomic E-state index is 5.88. The van der Waals surface area contributed by atoms with Crippen LogP contribution in [-0.2, 0) is 9.47 Å². The van der Waals surface area contributed by atoms with E-state index in [2.05, 4.69) is 58.4 Å². The zero-order valence-corrected chi connectivity index (χ0v) is 14.6. The second-order valence-electron chi connectivity index (χ2n) is 4.50. The Hall–Kier alpha value is 0.350. The molecule has 1 aromatic rings. The average Bonchev–Trinajstić information content (AvgIpc) is 2.35. The highest BCUT2D eigenvalue weighted by Gasteiger charge is 2.13. The lowest BCUT2D eigenvalue weighted by molar-refractivity contribution is 0.00797. The molecular weight excluding hydrogens is 407 g/mol. The smallest absolute Gasteiger partial charge is 0.0926 e. The predicted octanol–water partition coefficient (Wildman–Crippen LogP) is 4.61. The van der Waals surface area contributed by atoms with E-state index in [1.54, 1.807) is 0 Å². The highest BCUT2D eigenvalue weighted by molar-refractivity contribution is 14.1. The van der Waals surface area contributed by atoms with Crippen molar-refractivity contribution in [3.05, 3.63) is 34.3 Å². The number of halogens is 2. The second kappa shape index (κ2) is 9.28. The molecule has 0 saturated carbocycles. The van der Waals surface area contributed by atoms with E-state index in [9.17, 15) is 0 Å². The van der Waals surface area contributed by atoms with Gasteiger partial charge in [0.25, 0.3) is 0 Å². The summed E-state index contributed by atoms with van der Waals surface area (Å²) < 4.78 is 13.4. The molecule has 1 atom stereocenters. The molecule has 1 aromatic carbocycles. The molecule has 1 rings (SSSR count). The minimum Gasteiger partial charge on any atom is -0.379 e. The molecule has 0 aliphatic heterocycles. The van der Waals surface area contributed by atoms with Gasteiger partial charge in [-0.1, -0.05) is 70.6 Å². The number of hydrogen-bond acceptors (Lipinski definition) is 2. The van der Waals surface area contributed by atoms with Crippen molar-refractivity contribution in [1.29, 1.82) is 0 Å². The van der Waals surface area contributed by atoms with Crippen molar-refractivity contribution in [2.45, 2.75) is 20.0 Å². The van der Waals surface area contributed by atoms with Gasteiger partial charge in [0.2, 0.25) is 0 Å². The van der Waals surface area contributed by atoms with Gasteiger partial charge in [-0.25, -0.2) is 0 Å². The monoisotopic (exact) mass is 426 g/mol. The molecule has 4 heteroatoms. The van der Waals surface area contributed by atoms with Crippen LogP contribution in [0.15, 0.2) is 28.7 Å². The summed E-state index contributed by atoms with van der Waals surface area (Å²) in [5.74, 6) is 0.577. The first-order chi connectivity index (χ1) is 8.65. The minimum atomic E-state index is 0.129. The molecule has 0 bridgehead atoms. The fraction of sp³-hybridized carbons (Fsp3) is 0.571. The van der Waals surface area contributed by atoms with Crippen LogP contribution in [0.5, 0.6) is 0 Å². The van der Waals surface area contributed by atoms with Gasteiger partial charge < -0.3 is 9.47 Å². The maximum absolute atomic E-state index is 5.88. The largest absolute Gasteiger partial charge is 0.379 e. The van der Waals surface area contributed by atoms with Gasteiger partial charge in [0.1, 0.15) is 0 Å². The van der Waals surface area contributed by atoms with Gasteiger partial charge in [0, 0.05) is 15.5 Å². The molecule has 18 heavy (non-hydrogen) atoms. The second-order valence-corrected chi connectivity index (χ2v) is 6.24. The van der Waals surface area contributed by atoms with Gasteiger partial charge in [-0.3, -0.25) is 0 Å². The molecule has 2 nitrogen and oxygen atoms in total. The first kappa shape index (κ1) is 16.4. The third-order valence-electron chi connectivity index (χ3n) is 2.39. The molecule has 0 aliphatic rings. The summed E-state index contributed by atoms with van der Waals surface area (Å²) in [6.45, 7) is 6.40. The van der Waals surface area contributed by atoms with Crippen molar-refractivity contribution in [2.24, 2.45) is 5.92 Å². The average molecular weight is 427 g/mol. The first-order valence-corrected chi connectivity index (χ1v) is 8.46. The molecule has 1 unspecified atom stereocenters. The SMILES string of the molecule is CC(C)COCCOC(CI)c1ccccc1Br. The Kier molecular flexibility index (Phi) is 8.46. The van der Waals surface area contributed by atoms with Crippen LogP contribution in [0.4, 0.5) is 0 Å². The van der Waals surface area contributed by atoms with Crippen LogP contribution in [-0.4, -0.2) is 24.2 Å². The summed E-state index contributed by atoms with van der Waals surface area (Å²) in [7, 11) is 0. The van der Waals surface area contributed by atoms with Crippen LogP contribution in [0.3, 0.4) is 0 Å². The molecule has 0 amide bonds. The molecule has 0 aliphatic carbocycles. The van der Waals surface area contributed by atoms with Crippen LogP contribution in [0.25, 0.3) is 0 Å². The number of alkyl halides is 1. The minimum absolute atomic E-state index is 0.129. The van der Waals surface area contributed by atoms with Crippen LogP contribution < -0.4 is 0 Å². The van der Waals surface area contributed by atoms with Crippen LogP contribution in [0.1, 0.15) is 25.5 Å². The van der Waals surface area contributed by atoms with Crippen LogP contribution in [0.2, 0.25) is 0 Å². The molecule has 0 fully saturated rings. The van der Waals surface area contributed by atoms with Crippen molar-refractivity contribution in [2.75, 3.05) is 24.2 Å². The zero-order valence-electron chi connectivity index (χ0n) is 10.9. The van der Waals surface area contributed by atoms with Gasteiger partial charge in [-0.15, -0.1) is 0 Å². The predicted molar refractivity (Wildman–Crippen MR) is 87.4 cm³/mol. The quantitative estimate of drug-likeness (QED) is 0.343. The highest BCUT2D eigenvalue weighted by atomic mass is 127. The van der Waals surface area contributed by atoms with Gasteiger partial charge in [-0.05, 0) is 17.5 Å². The van der Waals surface area contributed by atoms with E-state index in [0.29, 0.717) is 19.1 Å². The summed E-state index contributed by atoms with van der Waals surface area (Å²) in [6, 6.07) is 8.21. The Morgan fingerprint density at radius 1 is 1.22 bits per heavy atom. The Bertz CT molecular complexity index is 344. The third kappa shape index (κ3) is 5.99. The fourth-order valence-corrected chi connectivity index (χ4v) is 2.79. The normalized spacial score (nSPS) is 12.9. The molecule has 0 saturated heterocycles. The first-order valence-electron chi connectivity index (χ1n) is 6.15. The van der Waals surface area contributed by atoms with Crippen LogP contribution >= 0.6 is 38.5 Å². The third-order valence-corrected chi connectivity index (χ3v) is 3.91. The molecule has 0 radical (unpaired) electrons. The van der Waals surface area contributed by atoms with Crippen molar-refractivity contribution in [3.63, 3.8) is 0 Å². The van der Waals surface area contributed by atoms with Gasteiger partial charge in [0.15, 0.2) is 0 Å². The summed E-state index contributed by atoms with van der Waals surface area (Å²) in [5, 5.41) is 0. The Balaban J connectivity index is 2.36. The topological polar surface area (TPSA) is 18.5 Å². The number of benzene rings is 1. The van der Waals surface area contributed by atoms with Gasteiger partial charge in [0.05, 0.1) is 19.3 Å². The van der Waals surface area contributed by atoms with E-state index in [1.165, 1.54) is 5.56 Å². The highest BCUT2D eigenvalue weighted by Crippen LogP contribution is 2.27. The van der Waals surface area contributed by atoms with Crippen LogP contribution in [0, 0.1) is 5.92 Å². The lowest BCUT2D eigenvalue weighted by Crippen LogP contribution is -2.13. The Labute approximate surface area is 132 Å². The van der Waals surface area contributed by atoms with E-state index < -0.39 is 0 Å². The summed E-state index contributed by atoms with van der Waals surface area (Å²) in [6.07, 6.45) is 0.129.